The largest absolute Gasteiger partial charge is 0.294 e. The Balaban J connectivity index is 2.67. The second kappa shape index (κ2) is 3.48. The molecule has 1 aromatic rings. The summed E-state index contributed by atoms with van der Waals surface area (Å²) in [6.45, 7) is 1.80. The second-order valence-corrected chi connectivity index (χ2v) is 5.23. The van der Waals surface area contributed by atoms with Gasteiger partial charge < -0.3 is 0 Å². The fourth-order valence-electron chi connectivity index (χ4n) is 1.59. The minimum atomic E-state index is -1.13. The molecule has 0 aliphatic carbocycles. The van der Waals surface area contributed by atoms with Gasteiger partial charge in [0.1, 0.15) is 0 Å². The molecule has 0 spiro atoms. The predicted octanol–water partition coefficient (Wildman–Crippen LogP) is 2.28. The van der Waals surface area contributed by atoms with Crippen molar-refractivity contribution in [3.05, 3.63) is 28.8 Å². The predicted molar refractivity (Wildman–Crippen MR) is 56.2 cm³/mol. The van der Waals surface area contributed by atoms with Crippen LogP contribution in [0.25, 0.3) is 0 Å². The molecule has 2 rings (SSSR count). The Kier molecular flexibility index (Phi) is 2.45. The van der Waals surface area contributed by atoms with Gasteiger partial charge in [-0.25, -0.2) is 0 Å². The van der Waals surface area contributed by atoms with E-state index in [0.717, 1.165) is 0 Å². The number of halogens is 1. The highest BCUT2D eigenvalue weighted by Gasteiger charge is 2.30. The molecule has 1 heterocycles. The molecule has 2 nitrogen and oxygen atoms in total. The van der Waals surface area contributed by atoms with E-state index < -0.39 is 10.8 Å². The maximum atomic E-state index is 11.7. The smallest absolute Gasteiger partial charge is 0.167 e. The molecule has 0 bridgehead atoms. The van der Waals surface area contributed by atoms with Crippen LogP contribution in [0, 0.1) is 5.92 Å². The molecule has 4 heteroatoms. The standard InChI is InChI=1S/C10H9ClO2S/c1-6-5-14(13)10-7(9(6)12)3-2-4-8(10)11/h2-4,6H,5H2,1H3. The van der Waals surface area contributed by atoms with Gasteiger partial charge in [0.25, 0.3) is 0 Å². The average Bonchev–Trinajstić information content (AvgIpc) is 2.14. The fraction of sp³-hybridized carbons (Fsp3) is 0.300. The maximum Gasteiger partial charge on any atom is 0.167 e. The number of ketones is 1. The lowest BCUT2D eigenvalue weighted by atomic mass is 10.0. The normalized spacial score (nSPS) is 26.0. The topological polar surface area (TPSA) is 34.1 Å². The summed E-state index contributed by atoms with van der Waals surface area (Å²) < 4.78 is 11.7. The summed E-state index contributed by atoms with van der Waals surface area (Å²) in [5.74, 6) is 0.263. The van der Waals surface area contributed by atoms with Crippen LogP contribution in [0.1, 0.15) is 17.3 Å². The van der Waals surface area contributed by atoms with Gasteiger partial charge in [-0.05, 0) is 6.07 Å². The molecule has 2 atom stereocenters. The van der Waals surface area contributed by atoms with Crippen molar-refractivity contribution >= 4 is 28.2 Å². The molecule has 0 aromatic heterocycles. The van der Waals surface area contributed by atoms with E-state index in [1.807, 2.05) is 0 Å². The van der Waals surface area contributed by atoms with Gasteiger partial charge in [-0.3, -0.25) is 9.00 Å². The monoisotopic (exact) mass is 228 g/mol. The number of benzene rings is 1. The number of carbonyl (C=O) groups is 1. The van der Waals surface area contributed by atoms with Gasteiger partial charge in [-0.2, -0.15) is 0 Å². The lowest BCUT2D eigenvalue weighted by Gasteiger charge is -2.20. The molecule has 14 heavy (non-hydrogen) atoms. The molecular weight excluding hydrogens is 220 g/mol. The van der Waals surface area contributed by atoms with Gasteiger partial charge in [-0.1, -0.05) is 30.7 Å². The van der Waals surface area contributed by atoms with Crippen molar-refractivity contribution in [3.8, 4) is 0 Å². The number of hydrogen-bond donors (Lipinski definition) is 0. The summed E-state index contributed by atoms with van der Waals surface area (Å²) in [5.41, 5.74) is 0.523. The van der Waals surface area contributed by atoms with Crippen molar-refractivity contribution in [3.63, 3.8) is 0 Å². The Morgan fingerprint density at radius 1 is 1.50 bits per heavy atom. The van der Waals surface area contributed by atoms with E-state index in [1.54, 1.807) is 25.1 Å². The summed E-state index contributed by atoms with van der Waals surface area (Å²) in [7, 11) is -1.13. The third-order valence-corrected chi connectivity index (χ3v) is 4.43. The van der Waals surface area contributed by atoms with E-state index >= 15 is 0 Å². The Morgan fingerprint density at radius 2 is 2.21 bits per heavy atom. The number of rotatable bonds is 0. The molecule has 0 saturated carbocycles. The van der Waals surface area contributed by atoms with Crippen LogP contribution in [-0.4, -0.2) is 15.7 Å². The Morgan fingerprint density at radius 3 is 2.93 bits per heavy atom. The highest BCUT2D eigenvalue weighted by Crippen LogP contribution is 2.30. The number of fused-ring (bicyclic) bond motifs is 1. The molecule has 0 amide bonds. The highest BCUT2D eigenvalue weighted by atomic mass is 35.5. The zero-order valence-corrected chi connectivity index (χ0v) is 9.19. The molecule has 2 unspecified atom stereocenters. The van der Waals surface area contributed by atoms with E-state index in [4.69, 9.17) is 11.6 Å². The SMILES string of the molecule is CC1CS(=O)c2c(Cl)cccc2C1=O. The van der Waals surface area contributed by atoms with Crippen LogP contribution in [-0.2, 0) is 10.8 Å². The van der Waals surface area contributed by atoms with E-state index in [2.05, 4.69) is 0 Å². The quantitative estimate of drug-likeness (QED) is 0.683. The average molecular weight is 229 g/mol. The summed E-state index contributed by atoms with van der Waals surface area (Å²) in [6.07, 6.45) is 0. The van der Waals surface area contributed by atoms with Crippen LogP contribution >= 0.6 is 11.6 Å². The van der Waals surface area contributed by atoms with Gasteiger partial charge >= 0.3 is 0 Å². The Labute approximate surface area is 89.7 Å². The summed E-state index contributed by atoms with van der Waals surface area (Å²) >= 11 is 5.90. The van der Waals surface area contributed by atoms with Gasteiger partial charge in [0.2, 0.25) is 0 Å². The fourth-order valence-corrected chi connectivity index (χ4v) is 3.49. The van der Waals surface area contributed by atoms with Crippen LogP contribution in [0.15, 0.2) is 23.1 Å². The first kappa shape index (κ1) is 9.87. The van der Waals surface area contributed by atoms with Gasteiger partial charge in [0, 0.05) is 17.2 Å². The molecule has 0 saturated heterocycles. The third kappa shape index (κ3) is 1.41. The summed E-state index contributed by atoms with van der Waals surface area (Å²) in [4.78, 5) is 12.2. The molecule has 0 radical (unpaired) electrons. The molecule has 1 aromatic carbocycles. The van der Waals surface area contributed by atoms with Crippen LogP contribution in [0.4, 0.5) is 0 Å². The molecule has 74 valence electrons. The van der Waals surface area contributed by atoms with E-state index in [0.29, 0.717) is 21.2 Å². The highest BCUT2D eigenvalue weighted by molar-refractivity contribution is 7.85. The van der Waals surface area contributed by atoms with Crippen molar-refractivity contribution in [2.75, 3.05) is 5.75 Å². The molecule has 1 aliphatic rings. The summed E-state index contributed by atoms with van der Waals surface area (Å²) in [5, 5.41) is 0.432. The Bertz CT molecular complexity index is 428. The zero-order chi connectivity index (χ0) is 10.3. The van der Waals surface area contributed by atoms with Crippen molar-refractivity contribution < 1.29 is 9.00 Å². The van der Waals surface area contributed by atoms with E-state index in [-0.39, 0.29) is 11.7 Å². The first-order chi connectivity index (χ1) is 6.61. The van der Waals surface area contributed by atoms with E-state index in [1.165, 1.54) is 0 Å². The number of hydrogen-bond acceptors (Lipinski definition) is 2. The van der Waals surface area contributed by atoms with Crippen LogP contribution < -0.4 is 0 Å². The number of Topliss-reactive ketones (excluding diaryl/α,β-unsaturated/α-hetero) is 1. The van der Waals surface area contributed by atoms with Crippen LogP contribution in [0.2, 0.25) is 5.02 Å². The van der Waals surface area contributed by atoms with Crippen LogP contribution in [0.5, 0.6) is 0 Å². The van der Waals surface area contributed by atoms with Crippen molar-refractivity contribution in [2.45, 2.75) is 11.8 Å². The minimum Gasteiger partial charge on any atom is -0.294 e. The molecule has 0 N–H and O–H groups in total. The maximum absolute atomic E-state index is 11.7. The zero-order valence-electron chi connectivity index (χ0n) is 7.62. The van der Waals surface area contributed by atoms with Gasteiger partial charge in [0.15, 0.2) is 5.78 Å². The molecular formula is C10H9ClO2S. The molecule has 1 aliphatic heterocycles. The van der Waals surface area contributed by atoms with Gasteiger partial charge in [0.05, 0.1) is 20.7 Å². The Hall–Kier alpha value is -0.670. The molecule has 0 fully saturated rings. The van der Waals surface area contributed by atoms with Crippen molar-refractivity contribution in [1.82, 2.24) is 0 Å². The van der Waals surface area contributed by atoms with Gasteiger partial charge in [-0.15, -0.1) is 0 Å². The van der Waals surface area contributed by atoms with Crippen molar-refractivity contribution in [1.29, 1.82) is 0 Å². The van der Waals surface area contributed by atoms with E-state index in [9.17, 15) is 9.00 Å². The lowest BCUT2D eigenvalue weighted by molar-refractivity contribution is 0.0935. The second-order valence-electron chi connectivity index (χ2n) is 3.39. The van der Waals surface area contributed by atoms with Crippen LogP contribution in [0.3, 0.4) is 0 Å². The first-order valence-electron chi connectivity index (χ1n) is 4.32. The lowest BCUT2D eigenvalue weighted by Crippen LogP contribution is -2.26. The third-order valence-electron chi connectivity index (χ3n) is 2.31. The summed E-state index contributed by atoms with van der Waals surface area (Å²) in [6, 6.07) is 5.08. The first-order valence-corrected chi connectivity index (χ1v) is 6.02. The minimum absolute atomic E-state index is 0.0436. The number of carbonyl (C=O) groups excluding carboxylic acids is 1. The van der Waals surface area contributed by atoms with Crippen molar-refractivity contribution in [2.24, 2.45) is 5.92 Å².